The van der Waals surface area contributed by atoms with Gasteiger partial charge in [0.2, 0.25) is 0 Å². The van der Waals surface area contributed by atoms with Crippen molar-refractivity contribution in [2.24, 2.45) is 16.8 Å². The predicted molar refractivity (Wildman–Crippen MR) is 117 cm³/mol. The van der Waals surface area contributed by atoms with E-state index < -0.39 is 0 Å². The summed E-state index contributed by atoms with van der Waals surface area (Å²) in [6, 6.07) is 4.34. The zero-order valence-electron chi connectivity index (χ0n) is 15.3. The molecule has 0 saturated carbocycles. The summed E-state index contributed by atoms with van der Waals surface area (Å²) in [5.41, 5.74) is 0. The van der Waals surface area contributed by atoms with Crippen LogP contribution in [0.15, 0.2) is 22.5 Å². The first-order chi connectivity index (χ1) is 11.2. The first-order valence-electron chi connectivity index (χ1n) is 8.90. The number of nitrogens with zero attached hydrogens (tertiary/aromatic N) is 2. The van der Waals surface area contributed by atoms with Crippen LogP contribution in [0.5, 0.6) is 0 Å². The van der Waals surface area contributed by atoms with Crippen molar-refractivity contribution in [3.05, 3.63) is 22.4 Å². The molecule has 2 N–H and O–H groups in total. The zero-order chi connectivity index (χ0) is 16.5. The maximum absolute atomic E-state index is 4.78. The third-order valence-corrected chi connectivity index (χ3v) is 5.33. The molecule has 4 nitrogen and oxygen atoms in total. The molecule has 1 aliphatic rings. The zero-order valence-corrected chi connectivity index (χ0v) is 18.4. The van der Waals surface area contributed by atoms with Crippen LogP contribution in [0.1, 0.15) is 31.6 Å². The summed E-state index contributed by atoms with van der Waals surface area (Å²) in [4.78, 5) is 8.66. The Kier molecular flexibility index (Phi) is 10.9. The van der Waals surface area contributed by atoms with Gasteiger partial charge in [0.1, 0.15) is 0 Å². The van der Waals surface area contributed by atoms with Crippen LogP contribution in [0.3, 0.4) is 0 Å². The van der Waals surface area contributed by atoms with Gasteiger partial charge in [-0.05, 0) is 69.6 Å². The van der Waals surface area contributed by atoms with E-state index in [0.29, 0.717) is 5.92 Å². The number of piperidine rings is 1. The quantitative estimate of drug-likeness (QED) is 0.369. The molecule has 0 aliphatic carbocycles. The van der Waals surface area contributed by atoms with Crippen LogP contribution in [-0.2, 0) is 6.42 Å². The van der Waals surface area contributed by atoms with Crippen molar-refractivity contribution < 1.29 is 0 Å². The van der Waals surface area contributed by atoms with E-state index in [1.165, 1.54) is 30.8 Å². The van der Waals surface area contributed by atoms with E-state index in [1.54, 1.807) is 0 Å². The van der Waals surface area contributed by atoms with Crippen molar-refractivity contribution in [3.63, 3.8) is 0 Å². The molecule has 1 aliphatic heterocycles. The standard InChI is InChI=1S/C18H32N4S.HI/c1-4-19-18(21-14-16-7-9-22(3)10-8-16)20-13-15(2)12-17-6-5-11-23-17;/h5-6,11,15-16H,4,7-10,12-14H2,1-3H3,(H2,19,20,21);1H. The number of nitrogens with one attached hydrogen (secondary N) is 2. The Morgan fingerprint density at radius 3 is 2.75 bits per heavy atom. The lowest BCUT2D eigenvalue weighted by molar-refractivity contribution is 0.220. The van der Waals surface area contributed by atoms with Crippen LogP contribution in [0, 0.1) is 11.8 Å². The van der Waals surface area contributed by atoms with Gasteiger partial charge in [0.05, 0.1) is 0 Å². The smallest absolute Gasteiger partial charge is 0.191 e. The molecule has 0 radical (unpaired) electrons. The fraction of sp³-hybridized carbons (Fsp3) is 0.722. The molecule has 0 spiro atoms. The molecular formula is C18H33IN4S. The van der Waals surface area contributed by atoms with Crippen molar-refractivity contribution in [2.45, 2.75) is 33.1 Å². The normalized spacial score (nSPS) is 18.0. The Hall–Kier alpha value is -0.340. The Bertz CT molecular complexity index is 456. The molecule has 24 heavy (non-hydrogen) atoms. The minimum absolute atomic E-state index is 0. The van der Waals surface area contributed by atoms with Crippen LogP contribution in [0.25, 0.3) is 0 Å². The number of aliphatic imine (C=N–C) groups is 1. The van der Waals surface area contributed by atoms with E-state index in [1.807, 2.05) is 11.3 Å². The lowest BCUT2D eigenvalue weighted by Crippen LogP contribution is -2.42. The highest BCUT2D eigenvalue weighted by Gasteiger charge is 2.16. The maximum atomic E-state index is 4.78. The molecule has 1 aromatic heterocycles. The predicted octanol–water partition coefficient (Wildman–Crippen LogP) is 3.44. The van der Waals surface area contributed by atoms with Gasteiger partial charge in [-0.15, -0.1) is 35.3 Å². The Labute approximate surface area is 168 Å². The number of rotatable bonds is 7. The average Bonchev–Trinajstić information content (AvgIpc) is 3.04. The van der Waals surface area contributed by atoms with Gasteiger partial charge in [-0.25, -0.2) is 0 Å². The topological polar surface area (TPSA) is 39.7 Å². The number of guanidine groups is 1. The van der Waals surface area contributed by atoms with Crippen molar-refractivity contribution in [3.8, 4) is 0 Å². The molecule has 0 bridgehead atoms. The number of hydrogen-bond donors (Lipinski definition) is 2. The molecule has 2 heterocycles. The summed E-state index contributed by atoms with van der Waals surface area (Å²) in [7, 11) is 2.21. The van der Waals surface area contributed by atoms with Crippen LogP contribution in [-0.4, -0.2) is 50.6 Å². The summed E-state index contributed by atoms with van der Waals surface area (Å²) >= 11 is 1.84. The van der Waals surface area contributed by atoms with Gasteiger partial charge in [-0.3, -0.25) is 4.99 Å². The molecular weight excluding hydrogens is 431 g/mol. The second-order valence-electron chi connectivity index (χ2n) is 6.74. The van der Waals surface area contributed by atoms with Gasteiger partial charge in [-0.2, -0.15) is 0 Å². The van der Waals surface area contributed by atoms with E-state index in [2.05, 4.69) is 53.9 Å². The lowest BCUT2D eigenvalue weighted by Gasteiger charge is -2.29. The van der Waals surface area contributed by atoms with Gasteiger partial charge in [-0.1, -0.05) is 13.0 Å². The highest BCUT2D eigenvalue weighted by atomic mass is 127. The number of hydrogen-bond acceptors (Lipinski definition) is 3. The molecule has 1 aromatic rings. The van der Waals surface area contributed by atoms with Crippen LogP contribution < -0.4 is 10.6 Å². The number of halogens is 1. The molecule has 1 unspecified atom stereocenters. The monoisotopic (exact) mass is 464 g/mol. The van der Waals surface area contributed by atoms with E-state index in [9.17, 15) is 0 Å². The Balaban J connectivity index is 0.00000288. The van der Waals surface area contributed by atoms with Crippen LogP contribution in [0.2, 0.25) is 0 Å². The largest absolute Gasteiger partial charge is 0.357 e. The van der Waals surface area contributed by atoms with Gasteiger partial charge >= 0.3 is 0 Å². The van der Waals surface area contributed by atoms with E-state index >= 15 is 0 Å². The highest BCUT2D eigenvalue weighted by molar-refractivity contribution is 14.0. The van der Waals surface area contributed by atoms with Gasteiger partial charge < -0.3 is 15.5 Å². The second kappa shape index (κ2) is 12.1. The molecule has 138 valence electrons. The summed E-state index contributed by atoms with van der Waals surface area (Å²) < 4.78 is 0. The van der Waals surface area contributed by atoms with E-state index in [0.717, 1.165) is 37.9 Å². The lowest BCUT2D eigenvalue weighted by atomic mass is 9.97. The maximum Gasteiger partial charge on any atom is 0.191 e. The highest BCUT2D eigenvalue weighted by Crippen LogP contribution is 2.15. The molecule has 0 aromatic carbocycles. The summed E-state index contributed by atoms with van der Waals surface area (Å²) in [6.45, 7) is 9.68. The number of likely N-dealkylation sites (tertiary alicyclic amines) is 1. The van der Waals surface area contributed by atoms with E-state index in [4.69, 9.17) is 4.99 Å². The van der Waals surface area contributed by atoms with Crippen LogP contribution in [0.4, 0.5) is 0 Å². The third kappa shape index (κ3) is 8.16. The minimum atomic E-state index is 0. The fourth-order valence-corrected chi connectivity index (χ4v) is 3.80. The van der Waals surface area contributed by atoms with Gasteiger partial charge in [0, 0.05) is 24.5 Å². The summed E-state index contributed by atoms with van der Waals surface area (Å²) in [5.74, 6) is 2.33. The molecule has 2 rings (SSSR count). The van der Waals surface area contributed by atoms with E-state index in [-0.39, 0.29) is 24.0 Å². The van der Waals surface area contributed by atoms with Crippen molar-refractivity contribution >= 4 is 41.3 Å². The average molecular weight is 464 g/mol. The van der Waals surface area contributed by atoms with Crippen LogP contribution >= 0.6 is 35.3 Å². The molecule has 0 amide bonds. The van der Waals surface area contributed by atoms with Crippen molar-refractivity contribution in [1.29, 1.82) is 0 Å². The molecule has 6 heteroatoms. The SMILES string of the molecule is CCNC(=NCC(C)Cc1cccs1)NCC1CCN(C)CC1.I. The minimum Gasteiger partial charge on any atom is -0.357 e. The van der Waals surface area contributed by atoms with Gasteiger partial charge in [0.25, 0.3) is 0 Å². The molecule has 1 atom stereocenters. The first-order valence-corrected chi connectivity index (χ1v) is 9.78. The second-order valence-corrected chi connectivity index (χ2v) is 7.77. The van der Waals surface area contributed by atoms with Crippen molar-refractivity contribution in [2.75, 3.05) is 39.8 Å². The number of thiophene rings is 1. The molecule has 1 saturated heterocycles. The fourth-order valence-electron chi connectivity index (χ4n) is 2.93. The Morgan fingerprint density at radius 1 is 1.38 bits per heavy atom. The Morgan fingerprint density at radius 2 is 2.12 bits per heavy atom. The molecule has 1 fully saturated rings. The first kappa shape index (κ1) is 21.7. The van der Waals surface area contributed by atoms with Gasteiger partial charge in [0.15, 0.2) is 5.96 Å². The third-order valence-electron chi connectivity index (χ3n) is 4.43. The van der Waals surface area contributed by atoms with Crippen molar-refractivity contribution in [1.82, 2.24) is 15.5 Å². The summed E-state index contributed by atoms with van der Waals surface area (Å²) in [5, 5.41) is 9.07. The summed E-state index contributed by atoms with van der Waals surface area (Å²) in [6.07, 6.45) is 3.70.